The van der Waals surface area contributed by atoms with Crippen LogP contribution in [0.3, 0.4) is 0 Å². The number of rotatable bonds is 3. The molecule has 0 aliphatic carbocycles. The Morgan fingerprint density at radius 3 is 2.86 bits per heavy atom. The van der Waals surface area contributed by atoms with Crippen molar-refractivity contribution >= 4 is 51.5 Å². The Balaban J connectivity index is 1.63. The van der Waals surface area contributed by atoms with E-state index in [1.807, 2.05) is 6.07 Å². The molecule has 0 bridgehead atoms. The molecular formula is C20H18N4O3S2. The van der Waals surface area contributed by atoms with Crippen molar-refractivity contribution in [2.24, 2.45) is 0 Å². The van der Waals surface area contributed by atoms with Crippen molar-refractivity contribution in [2.75, 3.05) is 17.2 Å². The zero-order valence-corrected chi connectivity index (χ0v) is 17.3. The number of benzene rings is 1. The Morgan fingerprint density at radius 1 is 1.38 bits per heavy atom. The Morgan fingerprint density at radius 2 is 2.17 bits per heavy atom. The number of nitrogens with zero attached hydrogens (tertiary/aromatic N) is 3. The number of nitrogen functional groups attached to an aromatic ring is 1. The summed E-state index contributed by atoms with van der Waals surface area (Å²) in [4.78, 5) is 42.0. The van der Waals surface area contributed by atoms with Gasteiger partial charge in [0.1, 0.15) is 11.1 Å². The average molecular weight is 427 g/mol. The highest BCUT2D eigenvalue weighted by atomic mass is 32.2. The number of imide groups is 1. The SMILES string of the molecule is CC(=O)N1CCc2c(sc(N3C(=O)CC(Sc4cccc(N)c4)C3=O)c2C#N)C1. The fourth-order valence-electron chi connectivity index (χ4n) is 3.59. The minimum Gasteiger partial charge on any atom is -0.399 e. The Kier molecular flexibility index (Phi) is 5.06. The molecule has 1 aromatic heterocycles. The summed E-state index contributed by atoms with van der Waals surface area (Å²) in [5, 5.41) is 9.54. The first kappa shape index (κ1) is 19.5. The summed E-state index contributed by atoms with van der Waals surface area (Å²) < 4.78 is 0. The minimum atomic E-state index is -0.552. The number of carbonyl (C=O) groups excluding carboxylic acids is 3. The number of thiophene rings is 1. The summed E-state index contributed by atoms with van der Waals surface area (Å²) >= 11 is 2.57. The number of nitriles is 1. The number of amides is 3. The van der Waals surface area contributed by atoms with E-state index in [0.29, 0.717) is 35.8 Å². The van der Waals surface area contributed by atoms with Crippen molar-refractivity contribution < 1.29 is 14.4 Å². The zero-order valence-electron chi connectivity index (χ0n) is 15.7. The van der Waals surface area contributed by atoms with E-state index < -0.39 is 5.25 Å². The largest absolute Gasteiger partial charge is 0.399 e. The molecule has 7 nitrogen and oxygen atoms in total. The fraction of sp³-hybridized carbons (Fsp3) is 0.300. The Bertz CT molecular complexity index is 1070. The molecule has 0 saturated carbocycles. The average Bonchev–Trinajstić information content (AvgIpc) is 3.17. The standard InChI is InChI=1S/C20H18N4O3S2/c1-11(25)23-6-5-14-15(9-21)20(29-17(14)10-23)24-18(26)8-16(19(24)27)28-13-4-2-3-12(22)7-13/h2-4,7,16H,5-6,8,10,22H2,1H3. The Hall–Kier alpha value is -2.83. The molecule has 3 amide bonds. The number of anilines is 2. The molecule has 2 aliphatic rings. The van der Waals surface area contributed by atoms with Crippen LogP contribution in [0.2, 0.25) is 0 Å². The third-order valence-electron chi connectivity index (χ3n) is 5.04. The van der Waals surface area contributed by atoms with Crippen LogP contribution in [0.1, 0.15) is 29.3 Å². The lowest BCUT2D eigenvalue weighted by Gasteiger charge is -2.25. The first-order valence-corrected chi connectivity index (χ1v) is 10.8. The summed E-state index contributed by atoms with van der Waals surface area (Å²) in [6.07, 6.45) is 0.622. The number of hydrogen-bond donors (Lipinski definition) is 1. The van der Waals surface area contributed by atoms with E-state index in [1.165, 1.54) is 30.0 Å². The van der Waals surface area contributed by atoms with Gasteiger partial charge in [-0.25, -0.2) is 4.90 Å². The number of carbonyl (C=O) groups is 3. The van der Waals surface area contributed by atoms with E-state index in [4.69, 9.17) is 5.73 Å². The van der Waals surface area contributed by atoms with Crippen molar-refractivity contribution in [3.8, 4) is 6.07 Å². The van der Waals surface area contributed by atoms with E-state index in [-0.39, 0.29) is 24.1 Å². The molecule has 2 aliphatic heterocycles. The molecule has 2 N–H and O–H groups in total. The second-order valence-corrected chi connectivity index (χ2v) is 9.30. The van der Waals surface area contributed by atoms with Crippen LogP contribution in [0, 0.1) is 11.3 Å². The molecule has 4 rings (SSSR count). The highest BCUT2D eigenvalue weighted by Gasteiger charge is 2.43. The molecule has 0 spiro atoms. The van der Waals surface area contributed by atoms with Gasteiger partial charge in [0, 0.05) is 35.3 Å². The molecule has 3 heterocycles. The molecule has 1 aromatic carbocycles. The van der Waals surface area contributed by atoms with E-state index in [2.05, 4.69) is 6.07 Å². The van der Waals surface area contributed by atoms with Crippen LogP contribution in [-0.4, -0.2) is 34.4 Å². The predicted octanol–water partition coefficient (Wildman–Crippen LogP) is 2.53. The van der Waals surface area contributed by atoms with E-state index in [9.17, 15) is 19.6 Å². The highest BCUT2D eigenvalue weighted by molar-refractivity contribution is 8.00. The molecule has 1 fully saturated rings. The van der Waals surface area contributed by atoms with Gasteiger partial charge in [-0.05, 0) is 30.2 Å². The molecular weight excluding hydrogens is 408 g/mol. The summed E-state index contributed by atoms with van der Waals surface area (Å²) in [5.41, 5.74) is 7.62. The van der Waals surface area contributed by atoms with E-state index in [1.54, 1.807) is 23.1 Å². The maximum absolute atomic E-state index is 13.0. The maximum atomic E-state index is 13.0. The van der Waals surface area contributed by atoms with Crippen LogP contribution < -0.4 is 10.6 Å². The van der Waals surface area contributed by atoms with Gasteiger partial charge in [-0.3, -0.25) is 14.4 Å². The molecule has 1 saturated heterocycles. The minimum absolute atomic E-state index is 0.0315. The number of nitrogens with two attached hydrogens (primary N) is 1. The Labute approximate surface area is 176 Å². The van der Waals surface area contributed by atoms with Crippen molar-refractivity contribution in [3.05, 3.63) is 40.3 Å². The lowest BCUT2D eigenvalue weighted by Crippen LogP contribution is -2.33. The lowest BCUT2D eigenvalue weighted by atomic mass is 10.0. The predicted molar refractivity (Wildman–Crippen MR) is 111 cm³/mol. The molecule has 1 atom stereocenters. The first-order valence-electron chi connectivity index (χ1n) is 9.08. The third kappa shape index (κ3) is 3.50. The summed E-state index contributed by atoms with van der Waals surface area (Å²) in [7, 11) is 0. The van der Waals surface area contributed by atoms with Crippen LogP contribution in [0.15, 0.2) is 29.2 Å². The quantitative estimate of drug-likeness (QED) is 0.597. The van der Waals surface area contributed by atoms with Gasteiger partial charge in [0.25, 0.3) is 0 Å². The maximum Gasteiger partial charge on any atom is 0.248 e. The van der Waals surface area contributed by atoms with Gasteiger partial charge in [-0.15, -0.1) is 23.1 Å². The van der Waals surface area contributed by atoms with Crippen molar-refractivity contribution in [1.29, 1.82) is 5.26 Å². The van der Waals surface area contributed by atoms with Crippen LogP contribution in [0.25, 0.3) is 0 Å². The van der Waals surface area contributed by atoms with E-state index in [0.717, 1.165) is 20.2 Å². The van der Waals surface area contributed by atoms with Crippen LogP contribution >= 0.6 is 23.1 Å². The monoisotopic (exact) mass is 426 g/mol. The molecule has 148 valence electrons. The summed E-state index contributed by atoms with van der Waals surface area (Å²) in [6.45, 7) is 2.45. The molecule has 29 heavy (non-hydrogen) atoms. The molecule has 0 radical (unpaired) electrons. The smallest absolute Gasteiger partial charge is 0.248 e. The zero-order chi connectivity index (χ0) is 20.7. The number of fused-ring (bicyclic) bond motifs is 1. The van der Waals surface area contributed by atoms with Gasteiger partial charge >= 0.3 is 0 Å². The number of hydrogen-bond acceptors (Lipinski definition) is 7. The molecule has 9 heteroatoms. The molecule has 2 aromatic rings. The first-order chi connectivity index (χ1) is 13.9. The topological polar surface area (TPSA) is 108 Å². The van der Waals surface area contributed by atoms with Crippen LogP contribution in [-0.2, 0) is 27.3 Å². The van der Waals surface area contributed by atoms with Gasteiger partial charge in [0.15, 0.2) is 0 Å². The van der Waals surface area contributed by atoms with Crippen molar-refractivity contribution in [3.63, 3.8) is 0 Å². The fourth-order valence-corrected chi connectivity index (χ4v) is 6.05. The number of thioether (sulfide) groups is 1. The normalized spacial score (nSPS) is 18.7. The third-order valence-corrected chi connectivity index (χ3v) is 7.42. The van der Waals surface area contributed by atoms with Gasteiger partial charge in [-0.1, -0.05) is 6.07 Å². The second-order valence-electron chi connectivity index (χ2n) is 6.94. The van der Waals surface area contributed by atoms with Gasteiger partial charge in [0.05, 0.1) is 17.4 Å². The lowest BCUT2D eigenvalue weighted by molar-refractivity contribution is -0.129. The van der Waals surface area contributed by atoms with Crippen LogP contribution in [0.5, 0.6) is 0 Å². The van der Waals surface area contributed by atoms with E-state index >= 15 is 0 Å². The second kappa shape index (κ2) is 7.54. The summed E-state index contributed by atoms with van der Waals surface area (Å²) in [6, 6.07) is 9.36. The van der Waals surface area contributed by atoms with Crippen molar-refractivity contribution in [1.82, 2.24) is 4.90 Å². The van der Waals surface area contributed by atoms with Gasteiger partial charge in [0.2, 0.25) is 17.7 Å². The summed E-state index contributed by atoms with van der Waals surface area (Å²) in [5.74, 6) is -0.660. The van der Waals surface area contributed by atoms with Crippen molar-refractivity contribution in [2.45, 2.75) is 36.5 Å². The van der Waals surface area contributed by atoms with Gasteiger partial charge in [-0.2, -0.15) is 5.26 Å². The van der Waals surface area contributed by atoms with Crippen LogP contribution in [0.4, 0.5) is 10.7 Å². The molecule has 1 unspecified atom stereocenters. The highest BCUT2D eigenvalue weighted by Crippen LogP contribution is 2.43. The van der Waals surface area contributed by atoms with Gasteiger partial charge < -0.3 is 10.6 Å².